The molecule has 160 valence electrons. The van der Waals surface area contributed by atoms with Crippen LogP contribution in [0.15, 0.2) is 66.2 Å². The average Bonchev–Trinajstić information content (AvgIpc) is 2.82. The molecule has 1 aliphatic heterocycles. The van der Waals surface area contributed by atoms with E-state index in [9.17, 15) is 20.2 Å². The number of nitriles is 1. The Morgan fingerprint density at radius 1 is 1.09 bits per heavy atom. The van der Waals surface area contributed by atoms with Crippen molar-refractivity contribution in [1.82, 2.24) is 0 Å². The van der Waals surface area contributed by atoms with Crippen LogP contribution >= 0.6 is 0 Å². The Labute approximate surface area is 184 Å². The Hall–Kier alpha value is -4.22. The number of benzene rings is 3. The molecule has 3 aromatic rings. The number of non-ortho nitro benzene ring substituents is 1. The number of ether oxygens (including phenoxy) is 1. The molecule has 1 saturated heterocycles. The van der Waals surface area contributed by atoms with Gasteiger partial charge in [0.2, 0.25) is 0 Å². The van der Waals surface area contributed by atoms with Crippen LogP contribution in [-0.4, -0.2) is 37.1 Å². The van der Waals surface area contributed by atoms with Crippen LogP contribution in [0.4, 0.5) is 17.1 Å². The smallest absolute Gasteiger partial charge is 0.270 e. The largest absolute Gasteiger partial charge is 0.378 e. The lowest BCUT2D eigenvalue weighted by Crippen LogP contribution is -2.36. The number of fused-ring (bicyclic) bond motifs is 1. The van der Waals surface area contributed by atoms with Crippen molar-refractivity contribution in [3.8, 4) is 6.07 Å². The van der Waals surface area contributed by atoms with Gasteiger partial charge in [-0.1, -0.05) is 30.3 Å². The van der Waals surface area contributed by atoms with Crippen molar-refractivity contribution < 1.29 is 14.5 Å². The molecular weight excluding hydrogens is 408 g/mol. The second kappa shape index (κ2) is 9.29. The highest BCUT2D eigenvalue weighted by atomic mass is 16.6. The normalized spacial score (nSPS) is 14.1. The Kier molecular flexibility index (Phi) is 6.10. The number of nitro groups is 1. The van der Waals surface area contributed by atoms with Crippen molar-refractivity contribution in [2.45, 2.75) is 0 Å². The first-order chi connectivity index (χ1) is 15.5. The quantitative estimate of drug-likeness (QED) is 0.283. The summed E-state index contributed by atoms with van der Waals surface area (Å²) in [5.41, 5.74) is 1.45. The van der Waals surface area contributed by atoms with Crippen LogP contribution in [0.1, 0.15) is 5.56 Å². The highest BCUT2D eigenvalue weighted by Gasteiger charge is 2.19. The van der Waals surface area contributed by atoms with E-state index in [4.69, 9.17) is 4.74 Å². The fourth-order valence-corrected chi connectivity index (χ4v) is 3.63. The molecule has 1 fully saturated rings. The van der Waals surface area contributed by atoms with E-state index < -0.39 is 10.8 Å². The minimum atomic E-state index is -0.581. The molecule has 3 aromatic carbocycles. The Morgan fingerprint density at radius 2 is 1.84 bits per heavy atom. The van der Waals surface area contributed by atoms with Crippen molar-refractivity contribution in [1.29, 1.82) is 5.26 Å². The molecule has 0 spiro atoms. The zero-order valence-electron chi connectivity index (χ0n) is 17.2. The van der Waals surface area contributed by atoms with Crippen molar-refractivity contribution in [2.24, 2.45) is 0 Å². The van der Waals surface area contributed by atoms with E-state index in [0.717, 1.165) is 10.8 Å². The van der Waals surface area contributed by atoms with E-state index in [2.05, 4.69) is 5.32 Å². The monoisotopic (exact) mass is 428 g/mol. The first-order valence-electron chi connectivity index (χ1n) is 10.1. The number of hydrogen-bond acceptors (Lipinski definition) is 6. The molecule has 1 aliphatic rings. The van der Waals surface area contributed by atoms with Gasteiger partial charge in [0.1, 0.15) is 11.6 Å². The number of carbonyl (C=O) groups excluding carboxylic acids is 1. The summed E-state index contributed by atoms with van der Waals surface area (Å²) in [6.45, 7) is 2.30. The first kappa shape index (κ1) is 21.0. The zero-order valence-corrected chi connectivity index (χ0v) is 17.2. The molecule has 0 radical (unpaired) electrons. The molecule has 0 bridgehead atoms. The second-order valence-corrected chi connectivity index (χ2v) is 7.29. The van der Waals surface area contributed by atoms with Gasteiger partial charge in [0.15, 0.2) is 0 Å². The molecule has 1 N–H and O–H groups in total. The molecule has 0 unspecified atom stereocenters. The van der Waals surface area contributed by atoms with Crippen molar-refractivity contribution >= 4 is 39.8 Å². The Morgan fingerprint density at radius 3 is 2.56 bits per heavy atom. The van der Waals surface area contributed by atoms with Crippen LogP contribution in [-0.2, 0) is 9.53 Å². The highest BCUT2D eigenvalue weighted by Crippen LogP contribution is 2.29. The summed E-state index contributed by atoms with van der Waals surface area (Å²) in [4.78, 5) is 25.6. The van der Waals surface area contributed by atoms with Gasteiger partial charge in [0, 0.05) is 42.2 Å². The number of anilines is 2. The molecule has 0 saturated carbocycles. The fraction of sp³-hybridized carbons (Fsp3) is 0.167. The van der Waals surface area contributed by atoms with Gasteiger partial charge in [-0.15, -0.1) is 0 Å². The van der Waals surface area contributed by atoms with Crippen LogP contribution < -0.4 is 10.2 Å². The number of nitro benzene ring substituents is 1. The van der Waals surface area contributed by atoms with Gasteiger partial charge in [-0.25, -0.2) is 0 Å². The van der Waals surface area contributed by atoms with Crippen LogP contribution in [0.3, 0.4) is 0 Å². The van der Waals surface area contributed by atoms with Crippen LogP contribution in [0.2, 0.25) is 0 Å². The third-order valence-corrected chi connectivity index (χ3v) is 5.25. The van der Waals surface area contributed by atoms with E-state index >= 15 is 0 Å². The van der Waals surface area contributed by atoms with E-state index in [1.165, 1.54) is 18.2 Å². The maximum atomic E-state index is 12.8. The van der Waals surface area contributed by atoms with Crippen molar-refractivity contribution in [3.63, 3.8) is 0 Å². The standard InChI is InChI=1S/C24H20N4O4/c25-16-20(24(29)26-21-6-5-17-3-1-2-4-18(17)14-21)13-19-15-22(28(30)31)7-8-23(19)27-9-11-32-12-10-27/h1-8,13-15H,9-12H2,(H,26,29). The lowest BCUT2D eigenvalue weighted by atomic mass is 10.1. The summed E-state index contributed by atoms with van der Waals surface area (Å²) < 4.78 is 5.38. The van der Waals surface area contributed by atoms with E-state index in [1.807, 2.05) is 47.4 Å². The highest BCUT2D eigenvalue weighted by molar-refractivity contribution is 6.10. The van der Waals surface area contributed by atoms with Gasteiger partial charge in [-0.2, -0.15) is 5.26 Å². The summed E-state index contributed by atoms with van der Waals surface area (Å²) in [6.07, 6.45) is 1.40. The molecule has 8 heteroatoms. The van der Waals surface area contributed by atoms with Gasteiger partial charge >= 0.3 is 0 Å². The topological polar surface area (TPSA) is 108 Å². The van der Waals surface area contributed by atoms with E-state index in [1.54, 1.807) is 12.1 Å². The molecule has 32 heavy (non-hydrogen) atoms. The SMILES string of the molecule is N#CC(=Cc1cc([N+](=O)[O-])ccc1N1CCOCC1)C(=O)Nc1ccc2ccccc2c1. The summed E-state index contributed by atoms with van der Waals surface area (Å²) in [6, 6.07) is 19.6. The number of nitrogens with zero attached hydrogens (tertiary/aromatic N) is 3. The summed E-state index contributed by atoms with van der Waals surface area (Å²) >= 11 is 0. The average molecular weight is 428 g/mol. The minimum absolute atomic E-state index is 0.111. The second-order valence-electron chi connectivity index (χ2n) is 7.29. The first-order valence-corrected chi connectivity index (χ1v) is 10.1. The number of rotatable bonds is 5. The lowest BCUT2D eigenvalue weighted by molar-refractivity contribution is -0.384. The van der Waals surface area contributed by atoms with Gasteiger partial charge in [-0.05, 0) is 35.0 Å². The number of nitrogens with one attached hydrogen (secondary N) is 1. The third kappa shape index (κ3) is 4.58. The number of amides is 1. The summed E-state index contributed by atoms with van der Waals surface area (Å²) in [7, 11) is 0. The van der Waals surface area contributed by atoms with E-state index in [0.29, 0.717) is 43.2 Å². The molecule has 0 atom stereocenters. The predicted molar refractivity (Wildman–Crippen MR) is 122 cm³/mol. The fourth-order valence-electron chi connectivity index (χ4n) is 3.63. The Balaban J connectivity index is 1.66. The molecule has 4 rings (SSSR count). The number of hydrogen-bond donors (Lipinski definition) is 1. The summed E-state index contributed by atoms with van der Waals surface area (Å²) in [5.74, 6) is -0.581. The van der Waals surface area contributed by atoms with Gasteiger partial charge in [0.05, 0.1) is 18.1 Å². The van der Waals surface area contributed by atoms with Crippen LogP contribution in [0.25, 0.3) is 16.8 Å². The van der Waals surface area contributed by atoms with Crippen molar-refractivity contribution in [3.05, 3.63) is 81.9 Å². The molecule has 0 aliphatic carbocycles. The third-order valence-electron chi connectivity index (χ3n) is 5.25. The number of morpholine rings is 1. The maximum Gasteiger partial charge on any atom is 0.270 e. The summed E-state index contributed by atoms with van der Waals surface area (Å²) in [5, 5.41) is 25.7. The minimum Gasteiger partial charge on any atom is -0.378 e. The molecule has 1 amide bonds. The molecule has 0 aromatic heterocycles. The van der Waals surface area contributed by atoms with Gasteiger partial charge < -0.3 is 15.0 Å². The zero-order chi connectivity index (χ0) is 22.5. The number of carbonyl (C=O) groups is 1. The van der Waals surface area contributed by atoms with Crippen LogP contribution in [0, 0.1) is 21.4 Å². The predicted octanol–water partition coefficient (Wildman–Crippen LogP) is 4.13. The van der Waals surface area contributed by atoms with Gasteiger partial charge in [-0.3, -0.25) is 14.9 Å². The van der Waals surface area contributed by atoms with Gasteiger partial charge in [0.25, 0.3) is 11.6 Å². The molecule has 1 heterocycles. The van der Waals surface area contributed by atoms with Crippen LogP contribution in [0.5, 0.6) is 0 Å². The van der Waals surface area contributed by atoms with E-state index in [-0.39, 0.29) is 11.3 Å². The Bertz CT molecular complexity index is 1260. The van der Waals surface area contributed by atoms with Crippen molar-refractivity contribution in [2.75, 3.05) is 36.5 Å². The maximum absolute atomic E-state index is 12.8. The molecule has 8 nitrogen and oxygen atoms in total. The molecular formula is C24H20N4O4. The lowest BCUT2D eigenvalue weighted by Gasteiger charge is -2.30.